The highest BCUT2D eigenvalue weighted by Crippen LogP contribution is 2.32. The second-order valence-electron chi connectivity index (χ2n) is 7.58. The number of benzene rings is 1. The van der Waals surface area contributed by atoms with Gasteiger partial charge in [0.05, 0.1) is 26.5 Å². The molecule has 0 saturated heterocycles. The van der Waals surface area contributed by atoms with Gasteiger partial charge in [0, 0.05) is 19.0 Å². The second-order valence-corrected chi connectivity index (χ2v) is 7.58. The molecule has 0 spiro atoms. The minimum atomic E-state index is -0.180. The molecule has 1 aliphatic carbocycles. The molecule has 0 unspecified atom stereocenters. The molecule has 1 fully saturated rings. The SMILES string of the molecule is COc1ccc(CN(CCO)Cc2nn3c(C4CCCC4)ncc3c(=O)[nH]2)cc1. The molecular formula is C21H27N5O3. The van der Waals surface area contributed by atoms with Crippen LogP contribution in [0.5, 0.6) is 5.75 Å². The lowest BCUT2D eigenvalue weighted by atomic mass is 10.1. The summed E-state index contributed by atoms with van der Waals surface area (Å²) in [7, 11) is 1.64. The Bertz CT molecular complexity index is 1010. The van der Waals surface area contributed by atoms with E-state index in [0.717, 1.165) is 30.0 Å². The number of nitrogens with one attached hydrogen (secondary N) is 1. The Morgan fingerprint density at radius 3 is 2.69 bits per heavy atom. The third-order valence-electron chi connectivity index (χ3n) is 5.55. The number of aliphatic hydroxyl groups excluding tert-OH is 1. The number of fused-ring (bicyclic) bond motifs is 1. The second kappa shape index (κ2) is 8.75. The average Bonchev–Trinajstić information content (AvgIpc) is 3.38. The van der Waals surface area contributed by atoms with Crippen LogP contribution in [0.2, 0.25) is 0 Å². The molecule has 3 aromatic rings. The number of nitrogens with zero attached hydrogens (tertiary/aromatic N) is 4. The number of methoxy groups -OCH3 is 1. The van der Waals surface area contributed by atoms with Crippen molar-refractivity contribution < 1.29 is 9.84 Å². The Morgan fingerprint density at radius 2 is 2.00 bits per heavy atom. The molecule has 0 atom stereocenters. The largest absolute Gasteiger partial charge is 0.497 e. The number of hydrogen-bond donors (Lipinski definition) is 2. The number of H-pyrrole nitrogens is 1. The first kappa shape index (κ1) is 19.6. The van der Waals surface area contributed by atoms with Gasteiger partial charge < -0.3 is 14.8 Å². The Balaban J connectivity index is 1.58. The third kappa shape index (κ3) is 4.33. The number of aliphatic hydroxyl groups is 1. The summed E-state index contributed by atoms with van der Waals surface area (Å²) in [4.78, 5) is 22.0. The topological polar surface area (TPSA) is 95.8 Å². The zero-order valence-electron chi connectivity index (χ0n) is 16.7. The van der Waals surface area contributed by atoms with Crippen LogP contribution in [0.3, 0.4) is 0 Å². The van der Waals surface area contributed by atoms with Crippen LogP contribution >= 0.6 is 0 Å². The highest BCUT2D eigenvalue weighted by Gasteiger charge is 2.23. The van der Waals surface area contributed by atoms with Crippen molar-refractivity contribution in [1.82, 2.24) is 24.5 Å². The van der Waals surface area contributed by atoms with Gasteiger partial charge in [-0.15, -0.1) is 0 Å². The molecule has 0 aliphatic heterocycles. The van der Waals surface area contributed by atoms with E-state index < -0.39 is 0 Å². The monoisotopic (exact) mass is 397 g/mol. The number of rotatable bonds is 8. The number of hydrogen-bond acceptors (Lipinski definition) is 6. The Labute approximate surface area is 169 Å². The van der Waals surface area contributed by atoms with E-state index in [4.69, 9.17) is 4.74 Å². The van der Waals surface area contributed by atoms with Crippen molar-refractivity contribution in [2.75, 3.05) is 20.3 Å². The molecule has 154 valence electrons. The van der Waals surface area contributed by atoms with Crippen molar-refractivity contribution in [2.24, 2.45) is 0 Å². The van der Waals surface area contributed by atoms with Crippen molar-refractivity contribution in [2.45, 2.75) is 44.7 Å². The molecule has 1 aromatic carbocycles. The molecule has 4 rings (SSSR count). The molecule has 0 bridgehead atoms. The van der Waals surface area contributed by atoms with Crippen LogP contribution in [0.25, 0.3) is 5.52 Å². The predicted octanol–water partition coefficient (Wildman–Crippen LogP) is 2.08. The molecule has 2 aromatic heterocycles. The fourth-order valence-electron chi connectivity index (χ4n) is 4.05. The molecule has 8 heteroatoms. The third-order valence-corrected chi connectivity index (χ3v) is 5.55. The van der Waals surface area contributed by atoms with Crippen LogP contribution < -0.4 is 10.3 Å². The van der Waals surface area contributed by atoms with Gasteiger partial charge in [0.25, 0.3) is 5.56 Å². The number of aromatic nitrogens is 4. The van der Waals surface area contributed by atoms with Gasteiger partial charge >= 0.3 is 0 Å². The molecule has 29 heavy (non-hydrogen) atoms. The average molecular weight is 397 g/mol. The summed E-state index contributed by atoms with van der Waals surface area (Å²) in [5.74, 6) is 2.63. The lowest BCUT2D eigenvalue weighted by Gasteiger charge is -2.21. The lowest BCUT2D eigenvalue weighted by Crippen LogP contribution is -2.29. The summed E-state index contributed by atoms with van der Waals surface area (Å²) in [6.07, 6.45) is 6.20. The molecule has 0 amide bonds. The van der Waals surface area contributed by atoms with Gasteiger partial charge in [-0.3, -0.25) is 9.69 Å². The summed E-state index contributed by atoms with van der Waals surface area (Å²) >= 11 is 0. The first-order valence-corrected chi connectivity index (χ1v) is 10.1. The predicted molar refractivity (Wildman–Crippen MR) is 109 cm³/mol. The molecule has 0 radical (unpaired) electrons. The maximum atomic E-state index is 12.6. The molecule has 2 N–H and O–H groups in total. The summed E-state index contributed by atoms with van der Waals surface area (Å²) in [6.45, 7) is 1.57. The molecule has 1 saturated carbocycles. The van der Waals surface area contributed by atoms with Gasteiger partial charge in [-0.05, 0) is 30.5 Å². The fraction of sp³-hybridized carbons (Fsp3) is 0.476. The molecule has 2 heterocycles. The maximum Gasteiger partial charge on any atom is 0.276 e. The number of aromatic amines is 1. The number of imidazole rings is 1. The molecular weight excluding hydrogens is 370 g/mol. The zero-order chi connectivity index (χ0) is 20.2. The summed E-state index contributed by atoms with van der Waals surface area (Å²) in [5, 5.41) is 14.2. The fourth-order valence-corrected chi connectivity index (χ4v) is 4.05. The van der Waals surface area contributed by atoms with Crippen LogP contribution in [-0.4, -0.2) is 49.8 Å². The lowest BCUT2D eigenvalue weighted by molar-refractivity contribution is 0.180. The van der Waals surface area contributed by atoms with Gasteiger partial charge in [-0.2, -0.15) is 5.10 Å². The van der Waals surface area contributed by atoms with Crippen molar-refractivity contribution >= 4 is 5.52 Å². The van der Waals surface area contributed by atoms with Crippen molar-refractivity contribution in [3.63, 3.8) is 0 Å². The smallest absolute Gasteiger partial charge is 0.276 e. The van der Waals surface area contributed by atoms with E-state index in [-0.39, 0.29) is 12.2 Å². The van der Waals surface area contributed by atoms with Crippen LogP contribution in [0.15, 0.2) is 35.3 Å². The Hall–Kier alpha value is -2.71. The van der Waals surface area contributed by atoms with E-state index in [9.17, 15) is 9.90 Å². The van der Waals surface area contributed by atoms with E-state index in [1.54, 1.807) is 17.8 Å². The highest BCUT2D eigenvalue weighted by atomic mass is 16.5. The Kier molecular flexibility index (Phi) is 5.92. The van der Waals surface area contributed by atoms with Crippen LogP contribution in [0.4, 0.5) is 0 Å². The standard InChI is InChI=1S/C21H27N5O3/c1-29-17-8-6-15(7-9-17)13-25(10-11-27)14-19-23-21(28)18-12-22-20(26(18)24-19)16-4-2-3-5-16/h6-9,12,16,27H,2-5,10-11,13-14H2,1H3,(H,23,24,28). The van der Waals surface area contributed by atoms with Crippen LogP contribution in [0, 0.1) is 0 Å². The highest BCUT2D eigenvalue weighted by molar-refractivity contribution is 5.42. The quantitative estimate of drug-likeness (QED) is 0.604. The van der Waals surface area contributed by atoms with Gasteiger partial charge in [-0.1, -0.05) is 25.0 Å². The van der Waals surface area contributed by atoms with E-state index in [2.05, 4.69) is 20.0 Å². The van der Waals surface area contributed by atoms with E-state index in [0.29, 0.717) is 36.9 Å². The maximum absolute atomic E-state index is 12.6. The zero-order valence-corrected chi connectivity index (χ0v) is 16.7. The van der Waals surface area contributed by atoms with Crippen molar-refractivity contribution in [3.05, 3.63) is 58.0 Å². The summed E-state index contributed by atoms with van der Waals surface area (Å²) in [5.41, 5.74) is 1.40. The van der Waals surface area contributed by atoms with E-state index in [1.807, 2.05) is 24.3 Å². The first-order chi connectivity index (χ1) is 14.2. The van der Waals surface area contributed by atoms with Crippen molar-refractivity contribution in [3.8, 4) is 5.75 Å². The molecule has 1 aliphatic rings. The van der Waals surface area contributed by atoms with Gasteiger partial charge in [0.2, 0.25) is 0 Å². The minimum absolute atomic E-state index is 0.0288. The molecule has 8 nitrogen and oxygen atoms in total. The summed E-state index contributed by atoms with van der Waals surface area (Å²) < 4.78 is 6.92. The van der Waals surface area contributed by atoms with Gasteiger partial charge in [0.1, 0.15) is 17.4 Å². The van der Waals surface area contributed by atoms with Crippen LogP contribution in [-0.2, 0) is 13.1 Å². The van der Waals surface area contributed by atoms with Gasteiger partial charge in [0.15, 0.2) is 5.52 Å². The van der Waals surface area contributed by atoms with E-state index >= 15 is 0 Å². The van der Waals surface area contributed by atoms with Crippen molar-refractivity contribution in [1.29, 1.82) is 0 Å². The first-order valence-electron chi connectivity index (χ1n) is 10.1. The normalized spacial score (nSPS) is 14.9. The minimum Gasteiger partial charge on any atom is -0.497 e. The Morgan fingerprint density at radius 1 is 1.24 bits per heavy atom. The van der Waals surface area contributed by atoms with E-state index in [1.165, 1.54) is 12.8 Å². The van der Waals surface area contributed by atoms with Gasteiger partial charge in [-0.25, -0.2) is 9.50 Å². The number of ether oxygens (including phenoxy) is 1. The summed E-state index contributed by atoms with van der Waals surface area (Å²) in [6, 6.07) is 7.82. The van der Waals surface area contributed by atoms with Crippen LogP contribution in [0.1, 0.15) is 48.8 Å².